The minimum Gasteiger partial charge on any atom is -0.349 e. The van der Waals surface area contributed by atoms with Crippen molar-refractivity contribution in [3.8, 4) is 17.2 Å². The fourth-order valence-corrected chi connectivity index (χ4v) is 3.47. The van der Waals surface area contributed by atoms with Gasteiger partial charge in [-0.2, -0.15) is 5.26 Å². The molecule has 24 heavy (non-hydrogen) atoms. The van der Waals surface area contributed by atoms with Crippen molar-refractivity contribution in [2.45, 2.75) is 13.5 Å². The number of carbonyl (C=O) groups excluding carboxylic acids is 1. The molecule has 1 N–H and O–H groups in total. The van der Waals surface area contributed by atoms with Gasteiger partial charge in [0, 0.05) is 35.8 Å². The van der Waals surface area contributed by atoms with Crippen LogP contribution in [-0.4, -0.2) is 22.0 Å². The van der Waals surface area contributed by atoms with Gasteiger partial charge in [-0.1, -0.05) is 11.6 Å². The Morgan fingerprint density at radius 2 is 2.21 bits per heavy atom. The van der Waals surface area contributed by atoms with Gasteiger partial charge in [0.25, 0.3) is 5.91 Å². The van der Waals surface area contributed by atoms with Crippen LogP contribution in [0.1, 0.15) is 21.6 Å². The van der Waals surface area contributed by atoms with Gasteiger partial charge in [0.1, 0.15) is 10.8 Å². The second-order valence-electron chi connectivity index (χ2n) is 5.78. The van der Waals surface area contributed by atoms with Crippen molar-refractivity contribution in [1.82, 2.24) is 14.9 Å². The first-order chi connectivity index (χ1) is 11.6. The Labute approximate surface area is 143 Å². The fraction of sp³-hybridized carbons (Fsp3) is 0.167. The number of nitrogens with zero attached hydrogens (tertiary/aromatic N) is 3. The first-order valence-corrected chi connectivity index (χ1v) is 7.95. The fourth-order valence-electron chi connectivity index (χ4n) is 3.35. The first kappa shape index (κ1) is 14.7. The van der Waals surface area contributed by atoms with E-state index in [0.717, 1.165) is 27.6 Å². The lowest BCUT2D eigenvalue weighted by Crippen LogP contribution is -2.35. The Bertz CT molecular complexity index is 1030. The number of aryl methyl sites for hydroxylation is 1. The zero-order valence-corrected chi connectivity index (χ0v) is 13.7. The lowest BCUT2D eigenvalue weighted by Gasteiger charge is -2.18. The number of hydrogen-bond donors (Lipinski definition) is 1. The van der Waals surface area contributed by atoms with Gasteiger partial charge in [-0.25, -0.2) is 4.98 Å². The van der Waals surface area contributed by atoms with Crippen molar-refractivity contribution in [3.63, 3.8) is 0 Å². The molecule has 6 heteroatoms. The lowest BCUT2D eigenvalue weighted by molar-refractivity contribution is 0.0928. The molecule has 1 aromatic carbocycles. The number of amides is 1. The van der Waals surface area contributed by atoms with Gasteiger partial charge in [0.05, 0.1) is 17.1 Å². The third-order valence-corrected chi connectivity index (χ3v) is 4.64. The van der Waals surface area contributed by atoms with Crippen molar-refractivity contribution < 1.29 is 4.79 Å². The predicted octanol–water partition coefficient (Wildman–Crippen LogP) is 3.28. The van der Waals surface area contributed by atoms with Crippen LogP contribution in [0.5, 0.6) is 0 Å². The monoisotopic (exact) mass is 336 g/mol. The normalized spacial score (nSPS) is 13.5. The number of benzene rings is 1. The lowest BCUT2D eigenvalue weighted by atomic mass is 10.00. The molecule has 118 valence electrons. The smallest absolute Gasteiger partial charge is 0.268 e. The average Bonchev–Trinajstić information content (AvgIpc) is 2.89. The van der Waals surface area contributed by atoms with Crippen LogP contribution in [0.3, 0.4) is 0 Å². The number of hydrogen-bond acceptors (Lipinski definition) is 3. The summed E-state index contributed by atoms with van der Waals surface area (Å²) in [6, 6.07) is 9.49. The molecule has 0 unspecified atom stereocenters. The molecule has 1 amide bonds. The average molecular weight is 337 g/mol. The maximum Gasteiger partial charge on any atom is 0.268 e. The molecule has 0 aliphatic carbocycles. The quantitative estimate of drug-likeness (QED) is 0.693. The van der Waals surface area contributed by atoms with Crippen molar-refractivity contribution in [2.75, 3.05) is 6.54 Å². The van der Waals surface area contributed by atoms with Gasteiger partial charge in [0.2, 0.25) is 0 Å². The highest BCUT2D eigenvalue weighted by Gasteiger charge is 2.25. The maximum atomic E-state index is 12.3. The van der Waals surface area contributed by atoms with Crippen molar-refractivity contribution in [1.29, 1.82) is 5.26 Å². The molecule has 0 atom stereocenters. The summed E-state index contributed by atoms with van der Waals surface area (Å²) in [5, 5.41) is 13.6. The third kappa shape index (κ3) is 2.08. The number of rotatable bonds is 1. The van der Waals surface area contributed by atoms with Crippen LogP contribution in [0.25, 0.3) is 22.0 Å². The van der Waals surface area contributed by atoms with Crippen molar-refractivity contribution in [3.05, 3.63) is 52.4 Å². The maximum absolute atomic E-state index is 12.3. The van der Waals surface area contributed by atoms with E-state index in [0.29, 0.717) is 29.5 Å². The van der Waals surface area contributed by atoms with Crippen molar-refractivity contribution >= 4 is 28.4 Å². The van der Waals surface area contributed by atoms with Crippen LogP contribution in [0.2, 0.25) is 5.15 Å². The van der Waals surface area contributed by atoms with E-state index >= 15 is 0 Å². The molecule has 0 spiro atoms. The van der Waals surface area contributed by atoms with E-state index in [4.69, 9.17) is 11.6 Å². The third-order valence-electron chi connectivity index (χ3n) is 4.41. The number of carbonyl (C=O) groups is 1. The van der Waals surface area contributed by atoms with Gasteiger partial charge in [-0.15, -0.1) is 0 Å². The topological polar surface area (TPSA) is 70.7 Å². The number of halogens is 1. The minimum atomic E-state index is -0.0753. The molecule has 0 bridgehead atoms. The van der Waals surface area contributed by atoms with Crippen LogP contribution in [0.4, 0.5) is 0 Å². The molecule has 1 aliphatic rings. The Balaban J connectivity index is 2.13. The van der Waals surface area contributed by atoms with Gasteiger partial charge < -0.3 is 9.88 Å². The summed E-state index contributed by atoms with van der Waals surface area (Å²) in [5.41, 5.74) is 4.82. The zero-order valence-electron chi connectivity index (χ0n) is 12.9. The summed E-state index contributed by atoms with van der Waals surface area (Å²) in [5.74, 6) is -0.0753. The molecule has 3 aromatic rings. The van der Waals surface area contributed by atoms with E-state index in [2.05, 4.69) is 16.4 Å². The summed E-state index contributed by atoms with van der Waals surface area (Å²) in [6.07, 6.45) is 1.69. The SMILES string of the molecule is Cc1c2n(c3c(-c4ccc(Cl)nc4)cc(C#N)cc13)CCNC2=O. The van der Waals surface area contributed by atoms with Crippen molar-refractivity contribution in [2.24, 2.45) is 0 Å². The highest BCUT2D eigenvalue weighted by atomic mass is 35.5. The summed E-state index contributed by atoms with van der Waals surface area (Å²) in [4.78, 5) is 16.4. The number of fused-ring (bicyclic) bond motifs is 3. The molecule has 5 nitrogen and oxygen atoms in total. The molecule has 3 heterocycles. The summed E-state index contributed by atoms with van der Waals surface area (Å²) in [7, 11) is 0. The summed E-state index contributed by atoms with van der Waals surface area (Å²) < 4.78 is 2.04. The van der Waals surface area contributed by atoms with Gasteiger partial charge in [0.15, 0.2) is 0 Å². The number of nitrogens with one attached hydrogen (secondary N) is 1. The largest absolute Gasteiger partial charge is 0.349 e. The van der Waals surface area contributed by atoms with E-state index in [1.165, 1.54) is 0 Å². The van der Waals surface area contributed by atoms with E-state index in [9.17, 15) is 10.1 Å². The predicted molar refractivity (Wildman–Crippen MR) is 92.0 cm³/mol. The Morgan fingerprint density at radius 3 is 2.92 bits per heavy atom. The molecule has 0 saturated heterocycles. The zero-order chi connectivity index (χ0) is 16.8. The molecule has 1 aliphatic heterocycles. The second kappa shape index (κ2) is 5.36. The highest BCUT2D eigenvalue weighted by molar-refractivity contribution is 6.29. The Kier molecular flexibility index (Phi) is 3.29. The number of aromatic nitrogens is 2. The molecule has 0 saturated carbocycles. The van der Waals surface area contributed by atoms with Gasteiger partial charge in [-0.05, 0) is 36.8 Å². The van der Waals surface area contributed by atoms with E-state index in [1.807, 2.05) is 29.7 Å². The summed E-state index contributed by atoms with van der Waals surface area (Å²) in [6.45, 7) is 3.21. The first-order valence-electron chi connectivity index (χ1n) is 7.57. The molecule has 4 rings (SSSR count). The Morgan fingerprint density at radius 1 is 1.38 bits per heavy atom. The number of pyridine rings is 1. The van der Waals surface area contributed by atoms with E-state index in [-0.39, 0.29) is 5.91 Å². The molecule has 2 aromatic heterocycles. The minimum absolute atomic E-state index is 0.0753. The highest BCUT2D eigenvalue weighted by Crippen LogP contribution is 2.36. The standard InChI is InChI=1S/C18H13ClN4O/c1-10-13-6-11(8-20)7-14(12-2-3-15(19)22-9-12)17(13)23-5-4-21-18(24)16(10)23/h2-3,6-7,9H,4-5H2,1H3,(H,21,24). The van der Waals surface area contributed by atoms with E-state index < -0.39 is 0 Å². The molecule has 0 fully saturated rings. The molecule has 0 radical (unpaired) electrons. The summed E-state index contributed by atoms with van der Waals surface area (Å²) >= 11 is 5.89. The van der Waals surface area contributed by atoms with Gasteiger partial charge in [-0.3, -0.25) is 4.79 Å². The van der Waals surface area contributed by atoms with Crippen LogP contribution < -0.4 is 5.32 Å². The second-order valence-corrected chi connectivity index (χ2v) is 6.17. The molecular weight excluding hydrogens is 324 g/mol. The van der Waals surface area contributed by atoms with E-state index in [1.54, 1.807) is 12.3 Å². The van der Waals surface area contributed by atoms with Crippen LogP contribution in [0, 0.1) is 18.3 Å². The van der Waals surface area contributed by atoms with Crippen LogP contribution >= 0.6 is 11.6 Å². The van der Waals surface area contributed by atoms with Gasteiger partial charge >= 0.3 is 0 Å². The Hall–Kier alpha value is -2.84. The van der Waals surface area contributed by atoms with Crippen LogP contribution in [0.15, 0.2) is 30.5 Å². The molecular formula is C18H13ClN4O. The van der Waals surface area contributed by atoms with Crippen LogP contribution in [-0.2, 0) is 6.54 Å². The number of nitriles is 1.